The molecule has 0 saturated heterocycles. The third-order valence-corrected chi connectivity index (χ3v) is 3.23. The number of aryl methyl sites for hydroxylation is 1. The van der Waals surface area contributed by atoms with Crippen molar-refractivity contribution in [2.24, 2.45) is 0 Å². The lowest BCUT2D eigenvalue weighted by molar-refractivity contribution is 0.0601. The fourth-order valence-electron chi connectivity index (χ4n) is 1.90. The Balaban J connectivity index is 1.75. The number of hydrogen-bond acceptors (Lipinski definition) is 4. The maximum absolute atomic E-state index is 11.5. The van der Waals surface area contributed by atoms with Crippen LogP contribution in [0, 0.1) is 0 Å². The topological polar surface area (TPSA) is 68.2 Å². The number of imidazole rings is 1. The van der Waals surface area contributed by atoms with E-state index in [9.17, 15) is 4.79 Å². The summed E-state index contributed by atoms with van der Waals surface area (Å²) in [6.07, 6.45) is 6.40. The molecule has 0 saturated carbocycles. The van der Waals surface area contributed by atoms with E-state index in [2.05, 4.69) is 20.4 Å². The molecule has 0 fully saturated rings. The van der Waals surface area contributed by atoms with Crippen LogP contribution < -0.4 is 10.6 Å². The van der Waals surface area contributed by atoms with E-state index in [1.807, 2.05) is 16.8 Å². The van der Waals surface area contributed by atoms with Gasteiger partial charge < -0.3 is 19.9 Å². The number of anilines is 1. The first kappa shape index (κ1) is 16.0. The molecular formula is C15H18N4O2S. The third kappa shape index (κ3) is 4.85. The first-order chi connectivity index (χ1) is 10.7. The second kappa shape index (κ2) is 8.14. The third-order valence-electron chi connectivity index (χ3n) is 2.98. The highest BCUT2D eigenvalue weighted by atomic mass is 32.1. The lowest BCUT2D eigenvalue weighted by atomic mass is 10.2. The number of methoxy groups -OCH3 is 1. The van der Waals surface area contributed by atoms with Crippen molar-refractivity contribution in [3.8, 4) is 0 Å². The molecule has 2 N–H and O–H groups in total. The van der Waals surface area contributed by atoms with Crippen LogP contribution in [0.25, 0.3) is 0 Å². The van der Waals surface area contributed by atoms with Crippen LogP contribution in [-0.4, -0.2) is 34.3 Å². The Labute approximate surface area is 134 Å². The zero-order chi connectivity index (χ0) is 15.8. The molecular weight excluding hydrogens is 300 g/mol. The fraction of sp³-hybridized carbons (Fsp3) is 0.267. The van der Waals surface area contributed by atoms with Crippen molar-refractivity contribution in [1.29, 1.82) is 0 Å². The van der Waals surface area contributed by atoms with Gasteiger partial charge in [-0.25, -0.2) is 9.78 Å². The largest absolute Gasteiger partial charge is 0.465 e. The summed E-state index contributed by atoms with van der Waals surface area (Å²) in [5, 5.41) is 6.70. The van der Waals surface area contributed by atoms with Crippen LogP contribution in [0.3, 0.4) is 0 Å². The number of aromatic nitrogens is 2. The van der Waals surface area contributed by atoms with E-state index in [0.29, 0.717) is 10.7 Å². The molecule has 0 spiro atoms. The second-order valence-electron chi connectivity index (χ2n) is 4.61. The summed E-state index contributed by atoms with van der Waals surface area (Å²) < 4.78 is 6.70. The zero-order valence-corrected chi connectivity index (χ0v) is 13.1. The summed E-state index contributed by atoms with van der Waals surface area (Å²) in [6.45, 7) is 1.63. The van der Waals surface area contributed by atoms with E-state index in [1.54, 1.807) is 30.7 Å². The molecule has 0 amide bonds. The normalized spacial score (nSPS) is 10.0. The highest BCUT2D eigenvalue weighted by molar-refractivity contribution is 7.80. The molecule has 0 radical (unpaired) electrons. The van der Waals surface area contributed by atoms with Gasteiger partial charge in [-0.15, -0.1) is 0 Å². The van der Waals surface area contributed by atoms with Gasteiger partial charge in [-0.05, 0) is 36.8 Å². The average Bonchev–Trinajstić information content (AvgIpc) is 3.04. The molecule has 6 nitrogen and oxygen atoms in total. The van der Waals surface area contributed by atoms with Crippen LogP contribution >= 0.6 is 12.2 Å². The summed E-state index contributed by atoms with van der Waals surface area (Å²) in [5.74, 6) is -0.372. The minimum atomic E-state index is -0.372. The Morgan fingerprint density at radius 3 is 3.05 bits per heavy atom. The van der Waals surface area contributed by atoms with E-state index in [4.69, 9.17) is 12.2 Å². The van der Waals surface area contributed by atoms with Gasteiger partial charge in [0.15, 0.2) is 5.11 Å². The van der Waals surface area contributed by atoms with Crippen molar-refractivity contribution >= 4 is 29.0 Å². The molecule has 0 atom stereocenters. The van der Waals surface area contributed by atoms with E-state index in [-0.39, 0.29) is 5.97 Å². The Morgan fingerprint density at radius 1 is 1.45 bits per heavy atom. The van der Waals surface area contributed by atoms with Crippen LogP contribution in [0.4, 0.5) is 5.69 Å². The molecule has 1 heterocycles. The maximum atomic E-state index is 11.5. The first-order valence-corrected chi connectivity index (χ1v) is 7.29. The zero-order valence-electron chi connectivity index (χ0n) is 12.3. The van der Waals surface area contributed by atoms with Gasteiger partial charge in [0.05, 0.1) is 19.0 Å². The van der Waals surface area contributed by atoms with Crippen LogP contribution in [-0.2, 0) is 11.3 Å². The van der Waals surface area contributed by atoms with Gasteiger partial charge in [-0.1, -0.05) is 6.07 Å². The van der Waals surface area contributed by atoms with Gasteiger partial charge in [0.1, 0.15) is 0 Å². The van der Waals surface area contributed by atoms with Crippen LogP contribution in [0.5, 0.6) is 0 Å². The number of thiocarbonyl (C=S) groups is 1. The SMILES string of the molecule is COC(=O)c1cccc(NC(=S)NCCCn2ccnc2)c1. The monoisotopic (exact) mass is 318 g/mol. The minimum Gasteiger partial charge on any atom is -0.465 e. The number of nitrogens with zero attached hydrogens (tertiary/aromatic N) is 2. The molecule has 0 aliphatic rings. The molecule has 7 heteroatoms. The summed E-state index contributed by atoms with van der Waals surface area (Å²) in [4.78, 5) is 15.5. The number of ether oxygens (including phenoxy) is 1. The van der Waals surface area contributed by atoms with Crippen molar-refractivity contribution < 1.29 is 9.53 Å². The van der Waals surface area contributed by atoms with Gasteiger partial charge in [-0.2, -0.15) is 0 Å². The van der Waals surface area contributed by atoms with E-state index in [0.717, 1.165) is 25.2 Å². The smallest absolute Gasteiger partial charge is 0.337 e. The summed E-state index contributed by atoms with van der Waals surface area (Å²) in [7, 11) is 1.36. The molecule has 0 unspecified atom stereocenters. The molecule has 1 aromatic heterocycles. The summed E-state index contributed by atoms with van der Waals surface area (Å²) in [6, 6.07) is 7.01. The number of nitrogens with one attached hydrogen (secondary N) is 2. The fourth-order valence-corrected chi connectivity index (χ4v) is 2.12. The van der Waals surface area contributed by atoms with Gasteiger partial charge in [-0.3, -0.25) is 0 Å². The number of hydrogen-bond donors (Lipinski definition) is 2. The second-order valence-corrected chi connectivity index (χ2v) is 5.02. The molecule has 0 bridgehead atoms. The predicted molar refractivity (Wildman–Crippen MR) is 88.8 cm³/mol. The van der Waals surface area contributed by atoms with E-state index < -0.39 is 0 Å². The van der Waals surface area contributed by atoms with Gasteiger partial charge in [0.25, 0.3) is 0 Å². The number of carbonyl (C=O) groups is 1. The van der Waals surface area contributed by atoms with Gasteiger partial charge >= 0.3 is 5.97 Å². The Kier molecular flexibility index (Phi) is 5.91. The van der Waals surface area contributed by atoms with Crippen LogP contribution in [0.15, 0.2) is 43.0 Å². The Hall–Kier alpha value is -2.41. The van der Waals surface area contributed by atoms with Crippen molar-refractivity contribution in [3.05, 3.63) is 48.5 Å². The minimum absolute atomic E-state index is 0.372. The molecule has 116 valence electrons. The predicted octanol–water partition coefficient (Wildman–Crippen LogP) is 2.05. The Bertz CT molecular complexity index is 628. The molecule has 2 rings (SSSR count). The lowest BCUT2D eigenvalue weighted by Crippen LogP contribution is -2.29. The van der Waals surface area contributed by atoms with Crippen LogP contribution in [0.1, 0.15) is 16.8 Å². The molecule has 0 aliphatic heterocycles. The molecule has 1 aromatic carbocycles. The highest BCUT2D eigenvalue weighted by Gasteiger charge is 2.06. The lowest BCUT2D eigenvalue weighted by Gasteiger charge is -2.11. The standard InChI is InChI=1S/C15H18N4O2S/c1-21-14(20)12-4-2-5-13(10-12)18-15(22)17-6-3-8-19-9-7-16-11-19/h2,4-5,7,9-11H,3,6,8H2,1H3,(H2,17,18,22). The van der Waals surface area contributed by atoms with Gasteiger partial charge in [0.2, 0.25) is 0 Å². The van der Waals surface area contributed by atoms with Gasteiger partial charge in [0, 0.05) is 31.2 Å². The summed E-state index contributed by atoms with van der Waals surface area (Å²) in [5.41, 5.74) is 1.23. The number of esters is 1. The van der Waals surface area contributed by atoms with Crippen molar-refractivity contribution in [2.75, 3.05) is 19.0 Å². The van der Waals surface area contributed by atoms with Crippen molar-refractivity contribution in [1.82, 2.24) is 14.9 Å². The first-order valence-electron chi connectivity index (χ1n) is 6.88. The highest BCUT2D eigenvalue weighted by Crippen LogP contribution is 2.11. The average molecular weight is 318 g/mol. The van der Waals surface area contributed by atoms with Crippen LogP contribution in [0.2, 0.25) is 0 Å². The molecule has 22 heavy (non-hydrogen) atoms. The van der Waals surface area contributed by atoms with E-state index >= 15 is 0 Å². The molecule has 0 aliphatic carbocycles. The van der Waals surface area contributed by atoms with Crippen molar-refractivity contribution in [3.63, 3.8) is 0 Å². The number of rotatable bonds is 6. The van der Waals surface area contributed by atoms with E-state index in [1.165, 1.54) is 7.11 Å². The summed E-state index contributed by atoms with van der Waals surface area (Å²) >= 11 is 5.23. The maximum Gasteiger partial charge on any atom is 0.337 e. The Morgan fingerprint density at radius 2 is 2.32 bits per heavy atom. The number of carbonyl (C=O) groups excluding carboxylic acids is 1. The quantitative estimate of drug-likeness (QED) is 0.483. The number of benzene rings is 1. The molecule has 2 aromatic rings. The van der Waals surface area contributed by atoms with Crippen molar-refractivity contribution in [2.45, 2.75) is 13.0 Å².